The van der Waals surface area contributed by atoms with E-state index in [1.54, 1.807) is 16.6 Å². The normalized spacial score (nSPS) is 17.8. The second-order valence-electron chi connectivity index (χ2n) is 5.66. The first kappa shape index (κ1) is 14.9. The summed E-state index contributed by atoms with van der Waals surface area (Å²) in [6.45, 7) is 2.38. The predicted octanol–water partition coefficient (Wildman–Crippen LogP) is 1.58. The van der Waals surface area contributed by atoms with E-state index in [1.165, 1.54) is 11.3 Å². The van der Waals surface area contributed by atoms with Crippen LogP contribution in [0, 0.1) is 6.92 Å². The molecule has 0 bridgehead atoms. The summed E-state index contributed by atoms with van der Waals surface area (Å²) in [6, 6.07) is 4.88. The molecule has 0 saturated carbocycles. The zero-order valence-corrected chi connectivity index (χ0v) is 14.0. The lowest BCUT2D eigenvalue weighted by molar-refractivity contribution is -0.120. The molecular formula is C15H15N5O3S. The molecule has 3 aromatic rings. The minimum atomic E-state index is -0.648. The van der Waals surface area contributed by atoms with Gasteiger partial charge in [0.1, 0.15) is 11.9 Å². The smallest absolute Gasteiger partial charge is 0.387 e. The van der Waals surface area contributed by atoms with Crippen molar-refractivity contribution in [2.45, 2.75) is 19.4 Å². The van der Waals surface area contributed by atoms with Crippen molar-refractivity contribution in [3.05, 3.63) is 39.8 Å². The Morgan fingerprint density at radius 1 is 1.33 bits per heavy atom. The number of carbonyl (C=O) groups is 1. The average molecular weight is 345 g/mol. The number of nitrogens with zero attached hydrogens (tertiary/aromatic N) is 5. The number of aryl methyl sites for hydroxylation is 2. The van der Waals surface area contributed by atoms with Gasteiger partial charge in [0, 0.05) is 19.7 Å². The zero-order valence-electron chi connectivity index (χ0n) is 13.2. The fraction of sp³-hybridized carbons (Fsp3) is 0.333. The fourth-order valence-corrected chi connectivity index (χ4v) is 3.60. The molecule has 9 heteroatoms. The molecule has 0 spiro atoms. The first-order valence-electron chi connectivity index (χ1n) is 7.50. The van der Waals surface area contributed by atoms with Crippen LogP contribution in [0.25, 0.3) is 10.8 Å². The van der Waals surface area contributed by atoms with E-state index in [9.17, 15) is 9.59 Å². The Bertz CT molecular complexity index is 952. The van der Waals surface area contributed by atoms with Gasteiger partial charge in [0.2, 0.25) is 0 Å². The van der Waals surface area contributed by atoms with Crippen LogP contribution in [0.15, 0.2) is 32.8 Å². The van der Waals surface area contributed by atoms with Crippen LogP contribution in [-0.4, -0.2) is 32.0 Å². The minimum absolute atomic E-state index is 0.175. The molecule has 1 amide bonds. The van der Waals surface area contributed by atoms with Crippen LogP contribution >= 0.6 is 11.3 Å². The van der Waals surface area contributed by atoms with Crippen molar-refractivity contribution in [2.24, 2.45) is 7.05 Å². The summed E-state index contributed by atoms with van der Waals surface area (Å²) < 4.78 is 8.03. The van der Waals surface area contributed by atoms with Gasteiger partial charge in [-0.05, 0) is 24.8 Å². The van der Waals surface area contributed by atoms with E-state index < -0.39 is 11.8 Å². The van der Waals surface area contributed by atoms with E-state index in [0.29, 0.717) is 13.0 Å². The lowest BCUT2D eigenvalue weighted by atomic mass is 10.2. The molecule has 1 atom stereocenters. The highest BCUT2D eigenvalue weighted by molar-refractivity contribution is 7.13. The molecule has 0 unspecified atom stereocenters. The molecule has 0 N–H and O–H groups in total. The van der Waals surface area contributed by atoms with Crippen LogP contribution in [-0.2, 0) is 11.8 Å². The number of hydrogen-bond donors (Lipinski definition) is 0. The number of amides is 1. The maximum absolute atomic E-state index is 12.8. The summed E-state index contributed by atoms with van der Waals surface area (Å²) in [4.78, 5) is 27.3. The molecule has 1 aliphatic heterocycles. The Hall–Kier alpha value is -2.68. The Morgan fingerprint density at radius 3 is 2.83 bits per heavy atom. The maximum atomic E-state index is 12.8. The fourth-order valence-electron chi connectivity index (χ4n) is 2.95. The summed E-state index contributed by atoms with van der Waals surface area (Å²) in [5, 5.41) is 10.4. The molecule has 4 rings (SSSR count). The van der Waals surface area contributed by atoms with Crippen molar-refractivity contribution < 1.29 is 9.21 Å². The summed E-state index contributed by atoms with van der Waals surface area (Å²) in [6.07, 6.45) is 0.499. The SMILES string of the molecule is Cc1cc(N2CC[C@@H](n3nc(-c4cccs4)oc3=O)C2=O)n(C)n1. The van der Waals surface area contributed by atoms with Crippen LogP contribution in [0.5, 0.6) is 0 Å². The molecule has 3 aromatic heterocycles. The summed E-state index contributed by atoms with van der Waals surface area (Å²) in [5.41, 5.74) is 0.835. The van der Waals surface area contributed by atoms with Crippen molar-refractivity contribution in [1.82, 2.24) is 19.6 Å². The number of hydrogen-bond acceptors (Lipinski definition) is 6. The van der Waals surface area contributed by atoms with Crippen LogP contribution in [0.1, 0.15) is 18.2 Å². The van der Waals surface area contributed by atoms with Crippen molar-refractivity contribution in [1.29, 1.82) is 0 Å². The number of thiophene rings is 1. The van der Waals surface area contributed by atoms with Crippen LogP contribution in [0.2, 0.25) is 0 Å². The van der Waals surface area contributed by atoms with Crippen molar-refractivity contribution in [3.63, 3.8) is 0 Å². The van der Waals surface area contributed by atoms with Gasteiger partial charge in [0.15, 0.2) is 0 Å². The largest absolute Gasteiger partial charge is 0.438 e. The highest BCUT2D eigenvalue weighted by Crippen LogP contribution is 2.29. The Balaban J connectivity index is 1.66. The Labute approximate surface area is 140 Å². The van der Waals surface area contributed by atoms with Gasteiger partial charge < -0.3 is 4.42 Å². The first-order valence-corrected chi connectivity index (χ1v) is 8.38. The molecule has 0 aliphatic carbocycles. The average Bonchev–Trinajstić information content (AvgIpc) is 3.28. The second kappa shape index (κ2) is 5.45. The van der Waals surface area contributed by atoms with Gasteiger partial charge in [0.25, 0.3) is 11.8 Å². The first-order chi connectivity index (χ1) is 11.5. The number of rotatable bonds is 3. The predicted molar refractivity (Wildman–Crippen MR) is 88.0 cm³/mol. The summed E-state index contributed by atoms with van der Waals surface area (Å²) in [7, 11) is 1.79. The van der Waals surface area contributed by atoms with Crippen LogP contribution in [0.3, 0.4) is 0 Å². The van der Waals surface area contributed by atoms with Crippen molar-refractivity contribution >= 4 is 23.1 Å². The van der Waals surface area contributed by atoms with E-state index in [4.69, 9.17) is 4.42 Å². The summed E-state index contributed by atoms with van der Waals surface area (Å²) in [5.74, 6) is 0.179. The minimum Gasteiger partial charge on any atom is -0.387 e. The maximum Gasteiger partial charge on any atom is 0.438 e. The molecule has 8 nitrogen and oxygen atoms in total. The van der Waals surface area contributed by atoms with Crippen molar-refractivity contribution in [3.8, 4) is 10.8 Å². The number of anilines is 1. The number of aromatic nitrogens is 4. The van der Waals surface area contributed by atoms with Gasteiger partial charge in [-0.2, -0.15) is 9.78 Å². The topological polar surface area (TPSA) is 86.2 Å². The third kappa shape index (κ3) is 2.28. The third-order valence-electron chi connectivity index (χ3n) is 4.03. The van der Waals surface area contributed by atoms with E-state index in [2.05, 4.69) is 10.2 Å². The molecule has 124 valence electrons. The van der Waals surface area contributed by atoms with Crippen LogP contribution < -0.4 is 10.7 Å². The Morgan fingerprint density at radius 2 is 2.17 bits per heavy atom. The zero-order chi connectivity index (χ0) is 16.8. The standard InChI is InChI=1S/C15H15N5O3S/c1-9-8-12(18(2)16-9)19-6-5-10(14(19)21)20-15(22)23-13(17-20)11-4-3-7-24-11/h3-4,7-8,10H,5-6H2,1-2H3/t10-/m1/s1. The van der Waals surface area contributed by atoms with Gasteiger partial charge in [-0.15, -0.1) is 16.4 Å². The molecule has 24 heavy (non-hydrogen) atoms. The van der Waals surface area contributed by atoms with Gasteiger partial charge in [-0.1, -0.05) is 6.07 Å². The lowest BCUT2D eigenvalue weighted by Crippen LogP contribution is -2.32. The van der Waals surface area contributed by atoms with E-state index in [-0.39, 0.29) is 11.8 Å². The molecule has 1 fully saturated rings. The Kier molecular flexibility index (Phi) is 3.38. The molecule has 1 aliphatic rings. The highest BCUT2D eigenvalue weighted by atomic mass is 32.1. The molecule has 0 aromatic carbocycles. The third-order valence-corrected chi connectivity index (χ3v) is 4.89. The molecule has 0 radical (unpaired) electrons. The molecule has 4 heterocycles. The van der Waals surface area contributed by atoms with Gasteiger partial charge in [-0.25, -0.2) is 4.79 Å². The van der Waals surface area contributed by atoms with Gasteiger partial charge in [0.05, 0.1) is 10.6 Å². The van der Waals surface area contributed by atoms with E-state index in [0.717, 1.165) is 21.1 Å². The highest BCUT2D eigenvalue weighted by Gasteiger charge is 2.37. The second-order valence-corrected chi connectivity index (χ2v) is 6.60. The quantitative estimate of drug-likeness (QED) is 0.719. The van der Waals surface area contributed by atoms with E-state index in [1.807, 2.05) is 30.5 Å². The summed E-state index contributed by atoms with van der Waals surface area (Å²) >= 11 is 1.43. The molecular weight excluding hydrogens is 330 g/mol. The van der Waals surface area contributed by atoms with E-state index >= 15 is 0 Å². The van der Waals surface area contributed by atoms with Gasteiger partial charge in [-0.3, -0.25) is 14.4 Å². The lowest BCUT2D eigenvalue weighted by Gasteiger charge is -2.15. The monoisotopic (exact) mass is 345 g/mol. The molecule has 1 saturated heterocycles. The van der Waals surface area contributed by atoms with Gasteiger partial charge >= 0.3 is 5.76 Å². The number of carbonyl (C=O) groups excluding carboxylic acids is 1. The van der Waals surface area contributed by atoms with Crippen molar-refractivity contribution in [2.75, 3.05) is 11.4 Å². The van der Waals surface area contributed by atoms with Crippen LogP contribution in [0.4, 0.5) is 5.82 Å².